The Morgan fingerprint density at radius 3 is 2.72 bits per heavy atom. The first-order chi connectivity index (χ1) is 8.58. The number of hydrogen-bond donors (Lipinski definition) is 1. The van der Waals surface area contributed by atoms with E-state index in [4.69, 9.17) is 18.0 Å². The van der Waals surface area contributed by atoms with Crippen LogP contribution in [0.5, 0.6) is 0 Å². The maximum atomic E-state index is 5.67. The summed E-state index contributed by atoms with van der Waals surface area (Å²) in [6.45, 7) is 4.44. The molecule has 0 spiro atoms. The van der Waals surface area contributed by atoms with Crippen LogP contribution in [0.3, 0.4) is 0 Å². The van der Waals surface area contributed by atoms with Crippen molar-refractivity contribution >= 4 is 38.8 Å². The van der Waals surface area contributed by atoms with Crippen molar-refractivity contribution in [1.29, 1.82) is 0 Å². The van der Waals surface area contributed by atoms with Gasteiger partial charge < -0.3 is 15.5 Å². The average molecular weight is 328 g/mol. The first-order valence-corrected chi connectivity index (χ1v) is 7.31. The zero-order valence-electron chi connectivity index (χ0n) is 10.5. The van der Waals surface area contributed by atoms with Gasteiger partial charge in [0.25, 0.3) is 0 Å². The summed E-state index contributed by atoms with van der Waals surface area (Å²) in [5.74, 6) is 0. The molecule has 18 heavy (non-hydrogen) atoms. The van der Waals surface area contributed by atoms with E-state index in [0.29, 0.717) is 4.99 Å². The van der Waals surface area contributed by atoms with Crippen molar-refractivity contribution in [3.05, 3.63) is 28.2 Å². The maximum absolute atomic E-state index is 5.67. The lowest BCUT2D eigenvalue weighted by atomic mass is 10.2. The lowest BCUT2D eigenvalue weighted by molar-refractivity contribution is 0.360. The van der Waals surface area contributed by atoms with Gasteiger partial charge in [0.2, 0.25) is 0 Å². The first-order valence-electron chi connectivity index (χ1n) is 6.11. The van der Waals surface area contributed by atoms with Crippen LogP contribution in [-0.2, 0) is 0 Å². The summed E-state index contributed by atoms with van der Waals surface area (Å²) >= 11 is 8.56. The van der Waals surface area contributed by atoms with E-state index in [1.54, 1.807) is 0 Å². The topological polar surface area (TPSA) is 32.5 Å². The van der Waals surface area contributed by atoms with Gasteiger partial charge in [0.05, 0.1) is 0 Å². The van der Waals surface area contributed by atoms with E-state index in [-0.39, 0.29) is 0 Å². The number of rotatable bonds is 2. The second-order valence-electron chi connectivity index (χ2n) is 4.67. The molecule has 1 aromatic carbocycles. The molecule has 0 aliphatic carbocycles. The molecule has 2 rings (SSSR count). The Morgan fingerprint density at radius 2 is 2.06 bits per heavy atom. The fourth-order valence-electron chi connectivity index (χ4n) is 2.21. The quantitative estimate of drug-likeness (QED) is 0.844. The van der Waals surface area contributed by atoms with E-state index in [0.717, 1.165) is 29.7 Å². The largest absolute Gasteiger partial charge is 0.389 e. The standard InChI is InChI=1S/C13H18BrN3S/c1-16-5-2-6-17(8-7-16)10-3-4-11(13(15)18)12(14)9-10/h3-4,9H,2,5-8H2,1H3,(H2,15,18). The molecule has 1 saturated heterocycles. The van der Waals surface area contributed by atoms with Gasteiger partial charge in [-0.15, -0.1) is 0 Å². The van der Waals surface area contributed by atoms with E-state index < -0.39 is 0 Å². The first kappa shape index (κ1) is 13.8. The zero-order valence-corrected chi connectivity index (χ0v) is 12.9. The van der Waals surface area contributed by atoms with E-state index in [2.05, 4.69) is 44.9 Å². The third-order valence-electron chi connectivity index (χ3n) is 3.30. The van der Waals surface area contributed by atoms with Crippen molar-refractivity contribution in [1.82, 2.24) is 4.90 Å². The minimum Gasteiger partial charge on any atom is -0.389 e. The Labute approximate surface area is 122 Å². The van der Waals surface area contributed by atoms with Crippen molar-refractivity contribution < 1.29 is 0 Å². The van der Waals surface area contributed by atoms with Crippen LogP contribution in [-0.4, -0.2) is 43.1 Å². The summed E-state index contributed by atoms with van der Waals surface area (Å²) in [6.07, 6.45) is 1.20. The SMILES string of the molecule is CN1CCCN(c2ccc(C(N)=S)c(Br)c2)CC1. The number of benzene rings is 1. The molecule has 0 unspecified atom stereocenters. The molecule has 1 aliphatic heterocycles. The van der Waals surface area contributed by atoms with Gasteiger partial charge in [0.15, 0.2) is 0 Å². The summed E-state index contributed by atoms with van der Waals surface area (Å²) in [6, 6.07) is 6.21. The van der Waals surface area contributed by atoms with Gasteiger partial charge in [-0.25, -0.2) is 0 Å². The highest BCUT2D eigenvalue weighted by atomic mass is 79.9. The molecule has 5 heteroatoms. The van der Waals surface area contributed by atoms with Crippen LogP contribution in [0.4, 0.5) is 5.69 Å². The van der Waals surface area contributed by atoms with Crippen molar-refractivity contribution in [3.8, 4) is 0 Å². The fourth-order valence-corrected chi connectivity index (χ4v) is 3.09. The third kappa shape index (κ3) is 3.22. The van der Waals surface area contributed by atoms with Crippen LogP contribution < -0.4 is 10.6 Å². The van der Waals surface area contributed by atoms with E-state index in [9.17, 15) is 0 Å². The number of halogens is 1. The minimum atomic E-state index is 0.434. The van der Waals surface area contributed by atoms with Crippen molar-refractivity contribution in [3.63, 3.8) is 0 Å². The van der Waals surface area contributed by atoms with Crippen LogP contribution in [0.15, 0.2) is 22.7 Å². The number of nitrogens with zero attached hydrogens (tertiary/aromatic N) is 2. The molecule has 2 N–H and O–H groups in total. The van der Waals surface area contributed by atoms with Crippen LogP contribution >= 0.6 is 28.1 Å². The lowest BCUT2D eigenvalue weighted by Gasteiger charge is -2.23. The molecule has 0 saturated carbocycles. The van der Waals surface area contributed by atoms with Crippen LogP contribution in [0.25, 0.3) is 0 Å². The molecule has 0 aromatic heterocycles. The molecule has 1 fully saturated rings. The van der Waals surface area contributed by atoms with Crippen LogP contribution in [0, 0.1) is 0 Å². The lowest BCUT2D eigenvalue weighted by Crippen LogP contribution is -2.28. The van der Waals surface area contributed by atoms with Gasteiger partial charge in [0.1, 0.15) is 4.99 Å². The molecule has 1 aromatic rings. The molecule has 1 aliphatic rings. The maximum Gasteiger partial charge on any atom is 0.105 e. The van der Waals surface area contributed by atoms with Gasteiger partial charge in [-0.1, -0.05) is 12.2 Å². The molecular weight excluding hydrogens is 310 g/mol. The third-order valence-corrected chi connectivity index (χ3v) is 4.18. The number of anilines is 1. The second-order valence-corrected chi connectivity index (χ2v) is 5.97. The number of hydrogen-bond acceptors (Lipinski definition) is 3. The summed E-state index contributed by atoms with van der Waals surface area (Å²) in [4.78, 5) is 5.22. The number of nitrogens with two attached hydrogens (primary N) is 1. The van der Waals surface area contributed by atoms with Gasteiger partial charge in [-0.3, -0.25) is 0 Å². The summed E-state index contributed by atoms with van der Waals surface area (Å²) in [5, 5.41) is 0. The smallest absolute Gasteiger partial charge is 0.105 e. The molecule has 1 heterocycles. The highest BCUT2D eigenvalue weighted by Crippen LogP contribution is 2.25. The van der Waals surface area contributed by atoms with Crippen molar-refractivity contribution in [2.75, 3.05) is 38.1 Å². The Balaban J connectivity index is 2.18. The van der Waals surface area contributed by atoms with Crippen molar-refractivity contribution in [2.45, 2.75) is 6.42 Å². The highest BCUT2D eigenvalue weighted by Gasteiger charge is 2.14. The second kappa shape index (κ2) is 5.99. The molecule has 0 atom stereocenters. The minimum absolute atomic E-state index is 0.434. The van der Waals surface area contributed by atoms with E-state index in [1.807, 2.05) is 6.07 Å². The Kier molecular flexibility index (Phi) is 4.59. The predicted octanol–water partition coefficient (Wildman–Crippen LogP) is 2.23. The van der Waals surface area contributed by atoms with Crippen molar-refractivity contribution in [2.24, 2.45) is 5.73 Å². The molecule has 0 bridgehead atoms. The zero-order chi connectivity index (χ0) is 13.1. The molecular formula is C13H18BrN3S. The van der Waals surface area contributed by atoms with E-state index in [1.165, 1.54) is 18.7 Å². The monoisotopic (exact) mass is 327 g/mol. The number of likely N-dealkylation sites (N-methyl/N-ethyl adjacent to an activating group) is 1. The summed E-state index contributed by atoms with van der Waals surface area (Å²) in [7, 11) is 2.18. The Hall–Kier alpha value is -0.650. The number of thiocarbonyl (C=S) groups is 1. The Bertz CT molecular complexity index is 450. The summed E-state index contributed by atoms with van der Waals surface area (Å²) in [5.41, 5.74) is 7.80. The molecule has 3 nitrogen and oxygen atoms in total. The average Bonchev–Trinajstić information content (AvgIpc) is 2.53. The van der Waals surface area contributed by atoms with Gasteiger partial charge in [0, 0.05) is 35.4 Å². The fraction of sp³-hybridized carbons (Fsp3) is 0.462. The van der Waals surface area contributed by atoms with Gasteiger partial charge >= 0.3 is 0 Å². The molecule has 0 amide bonds. The molecule has 0 radical (unpaired) electrons. The van der Waals surface area contributed by atoms with Crippen LogP contribution in [0.1, 0.15) is 12.0 Å². The van der Waals surface area contributed by atoms with Gasteiger partial charge in [-0.05, 0) is 54.1 Å². The molecule has 98 valence electrons. The van der Waals surface area contributed by atoms with Gasteiger partial charge in [-0.2, -0.15) is 0 Å². The predicted molar refractivity (Wildman–Crippen MR) is 84.4 cm³/mol. The summed E-state index contributed by atoms with van der Waals surface area (Å²) < 4.78 is 0.977. The Morgan fingerprint density at radius 1 is 1.28 bits per heavy atom. The van der Waals surface area contributed by atoms with E-state index >= 15 is 0 Å². The normalized spacial score (nSPS) is 17.6. The van der Waals surface area contributed by atoms with Crippen LogP contribution in [0.2, 0.25) is 0 Å². The highest BCUT2D eigenvalue weighted by molar-refractivity contribution is 9.10.